The summed E-state index contributed by atoms with van der Waals surface area (Å²) in [5.41, 5.74) is 3.71. The molecule has 0 atom stereocenters. The maximum absolute atomic E-state index is 12.2. The molecule has 166 valence electrons. The van der Waals surface area contributed by atoms with Gasteiger partial charge in [0.25, 0.3) is 11.1 Å². The lowest BCUT2D eigenvalue weighted by atomic mass is 9.92. The first-order valence-electron chi connectivity index (χ1n) is 10.6. The molecule has 0 saturated carbocycles. The second-order valence-electron chi connectivity index (χ2n) is 7.64. The standard InChI is InChI=1S/C23H23N3O5S/c27-21(24-11-15-5-8-19-20(9-15)30-14-29-19)13-32-23-26-25-22(31-23)12-28-18-7-6-16-3-1-2-4-17(16)10-18/h5-10H,1-4,11-14H2,(H,24,27). The van der Waals surface area contributed by atoms with Crippen molar-refractivity contribution in [2.75, 3.05) is 12.5 Å². The molecule has 2 aliphatic rings. The van der Waals surface area contributed by atoms with Crippen molar-refractivity contribution in [3.05, 3.63) is 59.0 Å². The van der Waals surface area contributed by atoms with Crippen molar-refractivity contribution in [2.24, 2.45) is 0 Å². The molecule has 5 rings (SSSR count). The number of nitrogens with one attached hydrogen (secondary N) is 1. The molecule has 0 fully saturated rings. The van der Waals surface area contributed by atoms with Crippen LogP contribution in [0.2, 0.25) is 0 Å². The largest absolute Gasteiger partial charge is 0.484 e. The van der Waals surface area contributed by atoms with Crippen LogP contribution in [-0.4, -0.2) is 28.7 Å². The molecule has 1 N–H and O–H groups in total. The molecule has 0 saturated heterocycles. The molecule has 0 spiro atoms. The van der Waals surface area contributed by atoms with Crippen LogP contribution in [0.3, 0.4) is 0 Å². The van der Waals surface area contributed by atoms with E-state index in [-0.39, 0.29) is 25.1 Å². The lowest BCUT2D eigenvalue weighted by Gasteiger charge is -2.16. The lowest BCUT2D eigenvalue weighted by molar-refractivity contribution is -0.118. The van der Waals surface area contributed by atoms with Crippen molar-refractivity contribution in [3.8, 4) is 17.2 Å². The Kier molecular flexibility index (Phi) is 6.15. The SMILES string of the molecule is O=C(CSc1nnc(COc2ccc3c(c2)CCCC3)o1)NCc1ccc2c(c1)OCO2. The predicted molar refractivity (Wildman–Crippen MR) is 117 cm³/mol. The van der Waals surface area contributed by atoms with Crippen LogP contribution in [0.4, 0.5) is 0 Å². The Morgan fingerprint density at radius 2 is 1.91 bits per heavy atom. The average molecular weight is 454 g/mol. The summed E-state index contributed by atoms with van der Waals surface area (Å²) in [6.07, 6.45) is 4.73. The molecular weight excluding hydrogens is 430 g/mol. The van der Waals surface area contributed by atoms with Gasteiger partial charge in [-0.2, -0.15) is 0 Å². The third-order valence-corrected chi connectivity index (χ3v) is 6.20. The molecule has 0 radical (unpaired) electrons. The number of aromatic nitrogens is 2. The fourth-order valence-electron chi connectivity index (χ4n) is 3.73. The van der Waals surface area contributed by atoms with Crippen LogP contribution in [0.1, 0.15) is 35.4 Å². The van der Waals surface area contributed by atoms with Crippen LogP contribution in [0, 0.1) is 0 Å². The first kappa shape index (κ1) is 20.7. The molecule has 1 aliphatic carbocycles. The normalized spacial score (nSPS) is 14.1. The van der Waals surface area contributed by atoms with Crippen LogP contribution >= 0.6 is 11.8 Å². The van der Waals surface area contributed by atoms with Gasteiger partial charge in [-0.1, -0.05) is 23.9 Å². The maximum atomic E-state index is 12.2. The Morgan fingerprint density at radius 1 is 1.03 bits per heavy atom. The zero-order chi connectivity index (χ0) is 21.8. The molecule has 1 amide bonds. The van der Waals surface area contributed by atoms with Gasteiger partial charge in [0.2, 0.25) is 12.7 Å². The minimum atomic E-state index is -0.127. The predicted octanol–water partition coefficient (Wildman–Crippen LogP) is 3.66. The number of carbonyl (C=O) groups excluding carboxylic acids is 1. The van der Waals surface area contributed by atoms with Crippen molar-refractivity contribution in [1.29, 1.82) is 0 Å². The van der Waals surface area contributed by atoms with Crippen molar-refractivity contribution in [2.45, 2.75) is 44.1 Å². The molecule has 0 bridgehead atoms. The lowest BCUT2D eigenvalue weighted by Crippen LogP contribution is -2.24. The van der Waals surface area contributed by atoms with Crippen LogP contribution in [-0.2, 0) is 30.8 Å². The summed E-state index contributed by atoms with van der Waals surface area (Å²) in [5, 5.41) is 11.2. The van der Waals surface area contributed by atoms with Crippen molar-refractivity contribution in [1.82, 2.24) is 15.5 Å². The van der Waals surface area contributed by atoms with E-state index >= 15 is 0 Å². The Hall–Kier alpha value is -3.20. The van der Waals surface area contributed by atoms with Crippen molar-refractivity contribution in [3.63, 3.8) is 0 Å². The fraction of sp³-hybridized carbons (Fsp3) is 0.348. The highest BCUT2D eigenvalue weighted by atomic mass is 32.2. The molecule has 8 nitrogen and oxygen atoms in total. The number of carbonyl (C=O) groups is 1. The molecule has 2 aromatic carbocycles. The molecule has 32 heavy (non-hydrogen) atoms. The van der Waals surface area contributed by atoms with Gasteiger partial charge in [-0.15, -0.1) is 10.2 Å². The highest BCUT2D eigenvalue weighted by Gasteiger charge is 2.15. The van der Waals surface area contributed by atoms with E-state index in [0.29, 0.717) is 23.4 Å². The second-order valence-corrected chi connectivity index (χ2v) is 8.57. The number of benzene rings is 2. The number of thioether (sulfide) groups is 1. The summed E-state index contributed by atoms with van der Waals surface area (Å²) >= 11 is 1.19. The molecule has 1 aliphatic heterocycles. The Morgan fingerprint density at radius 3 is 2.84 bits per heavy atom. The van der Waals surface area contributed by atoms with Gasteiger partial charge in [-0.3, -0.25) is 4.79 Å². The van der Waals surface area contributed by atoms with Crippen LogP contribution < -0.4 is 19.5 Å². The van der Waals surface area contributed by atoms with E-state index in [1.807, 2.05) is 24.3 Å². The van der Waals surface area contributed by atoms with E-state index in [1.54, 1.807) is 0 Å². The number of ether oxygens (including phenoxy) is 3. The molecule has 9 heteroatoms. The van der Waals surface area contributed by atoms with E-state index in [9.17, 15) is 4.79 Å². The first-order valence-corrected chi connectivity index (χ1v) is 11.6. The minimum Gasteiger partial charge on any atom is -0.484 e. The number of aryl methyl sites for hydroxylation is 2. The van der Waals surface area contributed by atoms with E-state index < -0.39 is 0 Å². The van der Waals surface area contributed by atoms with Crippen LogP contribution in [0.15, 0.2) is 46.0 Å². The summed E-state index contributed by atoms with van der Waals surface area (Å²) in [6.45, 7) is 0.828. The summed E-state index contributed by atoms with van der Waals surface area (Å²) in [4.78, 5) is 12.2. The highest BCUT2D eigenvalue weighted by Crippen LogP contribution is 2.32. The number of hydrogen-bond donors (Lipinski definition) is 1. The van der Waals surface area contributed by atoms with Crippen LogP contribution in [0.25, 0.3) is 0 Å². The van der Waals surface area contributed by atoms with Gasteiger partial charge in [-0.25, -0.2) is 0 Å². The summed E-state index contributed by atoms with van der Waals surface area (Å²) in [5.74, 6) is 2.66. The smallest absolute Gasteiger partial charge is 0.277 e. The number of rotatable bonds is 8. The molecule has 1 aromatic heterocycles. The summed E-state index contributed by atoms with van der Waals surface area (Å²) in [7, 11) is 0. The molecular formula is C23H23N3O5S. The number of amides is 1. The van der Waals surface area contributed by atoms with E-state index in [2.05, 4.69) is 27.6 Å². The van der Waals surface area contributed by atoms with Gasteiger partial charge >= 0.3 is 0 Å². The van der Waals surface area contributed by atoms with E-state index in [0.717, 1.165) is 29.9 Å². The Labute approximate surface area is 189 Å². The van der Waals surface area contributed by atoms with Gasteiger partial charge < -0.3 is 23.9 Å². The van der Waals surface area contributed by atoms with E-state index in [1.165, 1.54) is 35.7 Å². The fourth-order valence-corrected chi connectivity index (χ4v) is 4.34. The zero-order valence-electron chi connectivity index (χ0n) is 17.5. The van der Waals surface area contributed by atoms with Gasteiger partial charge in [0, 0.05) is 6.54 Å². The van der Waals surface area contributed by atoms with E-state index in [4.69, 9.17) is 18.6 Å². The molecule has 0 unspecified atom stereocenters. The van der Waals surface area contributed by atoms with Crippen molar-refractivity contribution >= 4 is 17.7 Å². The third kappa shape index (κ3) is 4.99. The van der Waals surface area contributed by atoms with Crippen LogP contribution in [0.5, 0.6) is 17.2 Å². The van der Waals surface area contributed by atoms with Gasteiger partial charge in [0.1, 0.15) is 5.75 Å². The van der Waals surface area contributed by atoms with Gasteiger partial charge in [0.05, 0.1) is 5.75 Å². The maximum Gasteiger partial charge on any atom is 0.277 e. The second kappa shape index (κ2) is 9.52. The summed E-state index contributed by atoms with van der Waals surface area (Å²) in [6, 6.07) is 11.8. The summed E-state index contributed by atoms with van der Waals surface area (Å²) < 4.78 is 22.0. The molecule has 2 heterocycles. The third-order valence-electron chi connectivity index (χ3n) is 5.38. The quantitative estimate of drug-likeness (QED) is 0.516. The monoisotopic (exact) mass is 453 g/mol. The van der Waals surface area contributed by atoms with Gasteiger partial charge in [0.15, 0.2) is 18.1 Å². The van der Waals surface area contributed by atoms with Gasteiger partial charge in [-0.05, 0) is 66.6 Å². The average Bonchev–Trinajstić information content (AvgIpc) is 3.49. The first-order chi connectivity index (χ1) is 15.7. The highest BCUT2D eigenvalue weighted by molar-refractivity contribution is 7.99. The Balaban J connectivity index is 1.06. The molecule has 3 aromatic rings. The number of hydrogen-bond acceptors (Lipinski definition) is 8. The number of nitrogens with zero attached hydrogens (tertiary/aromatic N) is 2. The Bertz CT molecular complexity index is 1120. The number of fused-ring (bicyclic) bond motifs is 2. The minimum absolute atomic E-state index is 0.127. The van der Waals surface area contributed by atoms with Crippen molar-refractivity contribution < 1.29 is 23.4 Å². The zero-order valence-corrected chi connectivity index (χ0v) is 18.3. The topological polar surface area (TPSA) is 95.7 Å².